The summed E-state index contributed by atoms with van der Waals surface area (Å²) >= 11 is 0. The minimum atomic E-state index is -0.109. The van der Waals surface area contributed by atoms with Gasteiger partial charge in [0.2, 0.25) is 5.95 Å². The Labute approximate surface area is 216 Å². The van der Waals surface area contributed by atoms with Crippen LogP contribution >= 0.6 is 0 Å². The highest BCUT2D eigenvalue weighted by atomic mass is 16.3. The molecule has 0 fully saturated rings. The van der Waals surface area contributed by atoms with Crippen LogP contribution in [0.1, 0.15) is 47.8 Å². The fourth-order valence-corrected chi connectivity index (χ4v) is 4.63. The Hall–Kier alpha value is -4.17. The minimum Gasteiger partial charge on any atom is -0.394 e. The number of pyridine rings is 1. The molecule has 3 aromatic heterocycles. The summed E-state index contributed by atoms with van der Waals surface area (Å²) in [5, 5.41) is 21.1. The Morgan fingerprint density at radius 2 is 1.92 bits per heavy atom. The van der Waals surface area contributed by atoms with Crippen molar-refractivity contribution in [3.8, 4) is 11.1 Å². The van der Waals surface area contributed by atoms with Gasteiger partial charge < -0.3 is 20.3 Å². The highest BCUT2D eigenvalue weighted by Crippen LogP contribution is 2.29. The monoisotopic (exact) mass is 496 g/mol. The molecule has 0 bridgehead atoms. The van der Waals surface area contributed by atoms with E-state index in [9.17, 15) is 9.90 Å². The Balaban J connectivity index is 1.45. The number of carbonyl (C=O) groups excluding carboxylic acids is 1. The minimum absolute atomic E-state index is 0.0219. The number of carbonyl (C=O) groups is 1. The highest BCUT2D eigenvalue weighted by Gasteiger charge is 2.18. The SMILES string of the molecule is CC[C@@H](CO)Nc1nc2cc(-c3ccc4c(c3)c(C(=O)N[C@@H](C)c3cccc(C)c3)cn4C)ccn2n1. The molecule has 190 valence electrons. The number of anilines is 1. The first-order chi connectivity index (χ1) is 17.9. The molecule has 37 heavy (non-hydrogen) atoms. The maximum atomic E-state index is 13.3. The van der Waals surface area contributed by atoms with Crippen LogP contribution in [-0.2, 0) is 7.05 Å². The molecule has 1 amide bonds. The number of nitrogens with zero attached hydrogens (tertiary/aromatic N) is 4. The van der Waals surface area contributed by atoms with Crippen molar-refractivity contribution in [2.45, 2.75) is 39.3 Å². The molecule has 0 aliphatic carbocycles. The van der Waals surface area contributed by atoms with Gasteiger partial charge in [0.15, 0.2) is 5.65 Å². The van der Waals surface area contributed by atoms with E-state index in [0.717, 1.165) is 34.0 Å². The summed E-state index contributed by atoms with van der Waals surface area (Å²) in [5.41, 5.74) is 6.54. The molecular weight excluding hydrogens is 464 g/mol. The Morgan fingerprint density at radius 3 is 2.68 bits per heavy atom. The van der Waals surface area contributed by atoms with Gasteiger partial charge in [-0.1, -0.05) is 42.8 Å². The number of aryl methyl sites for hydroxylation is 2. The van der Waals surface area contributed by atoms with Crippen LogP contribution < -0.4 is 10.6 Å². The zero-order valence-electron chi connectivity index (χ0n) is 21.6. The van der Waals surface area contributed by atoms with E-state index in [1.165, 1.54) is 5.56 Å². The summed E-state index contributed by atoms with van der Waals surface area (Å²) in [5.74, 6) is 0.382. The summed E-state index contributed by atoms with van der Waals surface area (Å²) < 4.78 is 3.69. The number of amides is 1. The number of hydrogen-bond acceptors (Lipinski definition) is 5. The lowest BCUT2D eigenvalue weighted by molar-refractivity contribution is 0.0941. The summed E-state index contributed by atoms with van der Waals surface area (Å²) in [7, 11) is 1.95. The molecule has 0 radical (unpaired) electrons. The number of aliphatic hydroxyl groups excluding tert-OH is 1. The maximum absolute atomic E-state index is 13.3. The second kappa shape index (κ2) is 10.1. The molecule has 5 rings (SSSR count). The molecule has 0 unspecified atom stereocenters. The summed E-state index contributed by atoms with van der Waals surface area (Å²) in [6.07, 6.45) is 4.53. The Kier molecular flexibility index (Phi) is 6.67. The van der Waals surface area contributed by atoms with E-state index in [2.05, 4.69) is 51.9 Å². The van der Waals surface area contributed by atoms with Crippen LogP contribution in [0.5, 0.6) is 0 Å². The largest absolute Gasteiger partial charge is 0.394 e. The van der Waals surface area contributed by atoms with E-state index in [0.29, 0.717) is 17.2 Å². The van der Waals surface area contributed by atoms with Gasteiger partial charge in [0.05, 0.1) is 24.3 Å². The van der Waals surface area contributed by atoms with E-state index < -0.39 is 0 Å². The molecule has 0 aliphatic rings. The standard InChI is InChI=1S/C29H32N6O2/c1-5-23(17-36)31-29-32-27-15-22(11-12-35(27)33-29)21-9-10-26-24(14-21)25(16-34(26)4)28(37)30-19(3)20-8-6-7-18(2)13-20/h6-16,19,23,36H,5,17H2,1-4H3,(H,30,37)(H,31,33)/t19-,23-/m0/s1. The molecule has 3 N–H and O–H groups in total. The summed E-state index contributed by atoms with van der Waals surface area (Å²) in [6, 6.07) is 18.1. The lowest BCUT2D eigenvalue weighted by Crippen LogP contribution is -2.26. The average Bonchev–Trinajstić information content (AvgIpc) is 3.46. The smallest absolute Gasteiger partial charge is 0.253 e. The van der Waals surface area contributed by atoms with Crippen molar-refractivity contribution >= 4 is 28.4 Å². The van der Waals surface area contributed by atoms with Gasteiger partial charge in [-0.25, -0.2) is 4.52 Å². The van der Waals surface area contributed by atoms with E-state index in [-0.39, 0.29) is 24.6 Å². The van der Waals surface area contributed by atoms with Crippen molar-refractivity contribution in [3.63, 3.8) is 0 Å². The van der Waals surface area contributed by atoms with Gasteiger partial charge in [-0.05, 0) is 61.2 Å². The van der Waals surface area contributed by atoms with Gasteiger partial charge >= 0.3 is 0 Å². The Morgan fingerprint density at radius 1 is 1.11 bits per heavy atom. The third-order valence-corrected chi connectivity index (χ3v) is 6.84. The van der Waals surface area contributed by atoms with Crippen LogP contribution in [0.2, 0.25) is 0 Å². The quantitative estimate of drug-likeness (QED) is 0.285. The fraction of sp³-hybridized carbons (Fsp3) is 0.276. The number of nitrogens with one attached hydrogen (secondary N) is 2. The van der Waals surface area contributed by atoms with Crippen molar-refractivity contribution in [1.29, 1.82) is 0 Å². The van der Waals surface area contributed by atoms with Crippen LogP contribution in [0.25, 0.3) is 27.7 Å². The van der Waals surface area contributed by atoms with Crippen LogP contribution in [-0.4, -0.2) is 42.8 Å². The molecule has 0 saturated heterocycles. The van der Waals surface area contributed by atoms with Crippen LogP contribution in [0.4, 0.5) is 5.95 Å². The van der Waals surface area contributed by atoms with Gasteiger partial charge in [-0.15, -0.1) is 5.10 Å². The summed E-state index contributed by atoms with van der Waals surface area (Å²) in [6.45, 7) is 6.08. The molecule has 8 heteroatoms. The van der Waals surface area contributed by atoms with E-state index in [4.69, 9.17) is 0 Å². The van der Waals surface area contributed by atoms with E-state index in [1.807, 2.05) is 68.2 Å². The first-order valence-corrected chi connectivity index (χ1v) is 12.6. The first-order valence-electron chi connectivity index (χ1n) is 12.6. The van der Waals surface area contributed by atoms with E-state index >= 15 is 0 Å². The van der Waals surface area contributed by atoms with Crippen molar-refractivity contribution in [3.05, 3.63) is 83.7 Å². The second-order valence-corrected chi connectivity index (χ2v) is 9.58. The molecule has 2 atom stereocenters. The lowest BCUT2D eigenvalue weighted by Gasteiger charge is -2.14. The normalized spacial score (nSPS) is 13.1. The van der Waals surface area contributed by atoms with Gasteiger partial charge in [-0.2, -0.15) is 4.98 Å². The Bertz CT molecular complexity index is 1580. The number of aliphatic hydroxyl groups is 1. The third-order valence-electron chi connectivity index (χ3n) is 6.84. The molecule has 8 nitrogen and oxygen atoms in total. The summed E-state index contributed by atoms with van der Waals surface area (Å²) in [4.78, 5) is 17.9. The van der Waals surface area contributed by atoms with Crippen molar-refractivity contribution in [2.75, 3.05) is 11.9 Å². The molecule has 0 saturated carbocycles. The van der Waals surface area contributed by atoms with Crippen LogP contribution in [0, 0.1) is 6.92 Å². The molecule has 0 aliphatic heterocycles. The molecule has 3 heterocycles. The molecule has 0 spiro atoms. The van der Waals surface area contributed by atoms with Crippen molar-refractivity contribution in [1.82, 2.24) is 24.5 Å². The first kappa shape index (κ1) is 24.5. The molecule has 2 aromatic carbocycles. The van der Waals surface area contributed by atoms with Crippen molar-refractivity contribution < 1.29 is 9.90 Å². The average molecular weight is 497 g/mol. The number of rotatable bonds is 8. The number of benzene rings is 2. The molecular formula is C29H32N6O2. The fourth-order valence-electron chi connectivity index (χ4n) is 4.63. The van der Waals surface area contributed by atoms with Crippen molar-refractivity contribution in [2.24, 2.45) is 7.05 Å². The highest BCUT2D eigenvalue weighted by molar-refractivity contribution is 6.08. The predicted octanol–water partition coefficient (Wildman–Crippen LogP) is 4.87. The zero-order valence-corrected chi connectivity index (χ0v) is 21.6. The second-order valence-electron chi connectivity index (χ2n) is 9.58. The number of hydrogen-bond donors (Lipinski definition) is 3. The van der Waals surface area contributed by atoms with Gasteiger partial charge in [-0.3, -0.25) is 4.79 Å². The maximum Gasteiger partial charge on any atom is 0.253 e. The predicted molar refractivity (Wildman–Crippen MR) is 147 cm³/mol. The number of aromatic nitrogens is 4. The van der Waals surface area contributed by atoms with Gasteiger partial charge in [0.25, 0.3) is 5.91 Å². The van der Waals surface area contributed by atoms with Crippen LogP contribution in [0.15, 0.2) is 67.0 Å². The van der Waals surface area contributed by atoms with E-state index in [1.54, 1.807) is 4.52 Å². The third kappa shape index (κ3) is 4.93. The topological polar surface area (TPSA) is 96.5 Å². The lowest BCUT2D eigenvalue weighted by atomic mass is 10.0. The van der Waals surface area contributed by atoms with Gasteiger partial charge in [0.1, 0.15) is 0 Å². The van der Waals surface area contributed by atoms with Crippen LogP contribution in [0.3, 0.4) is 0 Å². The molecule has 5 aromatic rings. The number of fused-ring (bicyclic) bond motifs is 2. The van der Waals surface area contributed by atoms with Gasteiger partial charge in [0, 0.05) is 30.3 Å². The zero-order chi connectivity index (χ0) is 26.1.